The van der Waals surface area contributed by atoms with E-state index in [0.717, 1.165) is 11.4 Å². The van der Waals surface area contributed by atoms with E-state index in [4.69, 9.17) is 23.1 Å². The van der Waals surface area contributed by atoms with E-state index in [1.54, 1.807) is 18.3 Å². The van der Waals surface area contributed by atoms with Gasteiger partial charge in [0.15, 0.2) is 0 Å². The summed E-state index contributed by atoms with van der Waals surface area (Å²) in [5.41, 5.74) is 6.28. The number of pyridine rings is 1. The first-order valence-corrected chi connectivity index (χ1v) is 4.64. The van der Waals surface area contributed by atoms with Gasteiger partial charge in [0.05, 0.1) is 6.61 Å². The van der Waals surface area contributed by atoms with Crippen molar-refractivity contribution in [3.05, 3.63) is 23.9 Å². The van der Waals surface area contributed by atoms with E-state index in [1.807, 2.05) is 11.9 Å². The summed E-state index contributed by atoms with van der Waals surface area (Å²) in [7, 11) is 1.85. The highest BCUT2D eigenvalue weighted by Gasteiger charge is 2.03. The molecule has 5 heteroatoms. The number of aromatic nitrogens is 1. The lowest BCUT2D eigenvalue weighted by Gasteiger charge is -2.16. The maximum Gasteiger partial charge on any atom is 0.128 e. The average Bonchev–Trinajstić information content (AvgIpc) is 2.18. The molecule has 0 saturated heterocycles. The number of rotatable bonds is 4. The van der Waals surface area contributed by atoms with Crippen molar-refractivity contribution in [3.8, 4) is 0 Å². The number of nitrogens with two attached hydrogens (primary N) is 1. The topological polar surface area (TPSA) is 62.4 Å². The molecule has 0 bridgehead atoms. The molecule has 0 atom stereocenters. The van der Waals surface area contributed by atoms with Crippen LogP contribution >= 0.6 is 12.2 Å². The molecule has 76 valence electrons. The maximum absolute atomic E-state index is 8.76. The van der Waals surface area contributed by atoms with Crippen LogP contribution in [0.3, 0.4) is 0 Å². The lowest BCUT2D eigenvalue weighted by molar-refractivity contribution is 0.304. The first kappa shape index (κ1) is 10.9. The number of nitrogens with zero attached hydrogens (tertiary/aromatic N) is 2. The molecule has 0 saturated carbocycles. The van der Waals surface area contributed by atoms with Crippen molar-refractivity contribution in [2.45, 2.75) is 0 Å². The van der Waals surface area contributed by atoms with Crippen LogP contribution in [-0.2, 0) is 0 Å². The van der Waals surface area contributed by atoms with Crippen molar-refractivity contribution in [3.63, 3.8) is 0 Å². The van der Waals surface area contributed by atoms with E-state index >= 15 is 0 Å². The SMILES string of the molecule is CN(CCO)c1cc(C(N)=S)ccn1. The van der Waals surface area contributed by atoms with Gasteiger partial charge in [-0.15, -0.1) is 0 Å². The highest BCUT2D eigenvalue weighted by molar-refractivity contribution is 7.80. The molecule has 0 aliphatic carbocycles. The lowest BCUT2D eigenvalue weighted by atomic mass is 10.2. The second kappa shape index (κ2) is 4.88. The number of aliphatic hydroxyl groups excluding tert-OH is 1. The molecule has 4 nitrogen and oxygen atoms in total. The molecule has 3 N–H and O–H groups in total. The zero-order valence-corrected chi connectivity index (χ0v) is 8.79. The van der Waals surface area contributed by atoms with Crippen molar-refractivity contribution < 1.29 is 5.11 Å². The molecule has 0 aliphatic rings. The van der Waals surface area contributed by atoms with E-state index in [2.05, 4.69) is 4.98 Å². The Morgan fingerprint density at radius 1 is 1.71 bits per heavy atom. The minimum atomic E-state index is 0.0927. The standard InChI is InChI=1S/C9H13N3OS/c1-12(4-5-13)8-6-7(9(10)14)2-3-11-8/h2-3,6,13H,4-5H2,1H3,(H2,10,14). The summed E-state index contributed by atoms with van der Waals surface area (Å²) < 4.78 is 0. The molecule has 0 fully saturated rings. The number of likely N-dealkylation sites (N-methyl/N-ethyl adjacent to an activating group) is 1. The lowest BCUT2D eigenvalue weighted by Crippen LogP contribution is -2.22. The zero-order chi connectivity index (χ0) is 10.6. The third-order valence-electron chi connectivity index (χ3n) is 1.86. The van der Waals surface area contributed by atoms with E-state index in [0.29, 0.717) is 11.5 Å². The fourth-order valence-electron chi connectivity index (χ4n) is 1.04. The van der Waals surface area contributed by atoms with Gasteiger partial charge in [0.1, 0.15) is 10.8 Å². The first-order valence-electron chi connectivity index (χ1n) is 4.23. The Hall–Kier alpha value is -1.20. The Bertz CT molecular complexity index is 330. The molecule has 0 radical (unpaired) electrons. The average molecular weight is 211 g/mol. The molecule has 0 amide bonds. The molecule has 0 aromatic carbocycles. The predicted molar refractivity (Wildman–Crippen MR) is 60.5 cm³/mol. The predicted octanol–water partition coefficient (Wildman–Crippen LogP) is 0.144. The van der Waals surface area contributed by atoms with E-state index < -0.39 is 0 Å². The van der Waals surface area contributed by atoms with Crippen LogP contribution in [0.5, 0.6) is 0 Å². The van der Waals surface area contributed by atoms with Crippen molar-refractivity contribution in [1.82, 2.24) is 4.98 Å². The summed E-state index contributed by atoms with van der Waals surface area (Å²) in [6.45, 7) is 0.628. The Labute approximate surface area is 88.4 Å². The minimum absolute atomic E-state index is 0.0927. The van der Waals surface area contributed by atoms with Crippen LogP contribution < -0.4 is 10.6 Å². The largest absolute Gasteiger partial charge is 0.395 e. The van der Waals surface area contributed by atoms with Gasteiger partial charge in [-0.1, -0.05) is 12.2 Å². The van der Waals surface area contributed by atoms with Gasteiger partial charge in [-0.3, -0.25) is 0 Å². The Kier molecular flexibility index (Phi) is 3.79. The van der Waals surface area contributed by atoms with Crippen molar-refractivity contribution >= 4 is 23.0 Å². The highest BCUT2D eigenvalue weighted by atomic mass is 32.1. The number of anilines is 1. The Morgan fingerprint density at radius 3 is 3.00 bits per heavy atom. The van der Waals surface area contributed by atoms with Crippen LogP contribution in [0.1, 0.15) is 5.56 Å². The van der Waals surface area contributed by atoms with Gasteiger partial charge in [-0.25, -0.2) is 4.98 Å². The van der Waals surface area contributed by atoms with Crippen LogP contribution in [0.2, 0.25) is 0 Å². The minimum Gasteiger partial charge on any atom is -0.395 e. The summed E-state index contributed by atoms with van der Waals surface area (Å²) in [5, 5.41) is 8.76. The second-order valence-electron chi connectivity index (χ2n) is 2.91. The molecule has 0 unspecified atom stereocenters. The van der Waals surface area contributed by atoms with Crippen molar-refractivity contribution in [1.29, 1.82) is 0 Å². The molecule has 0 spiro atoms. The molecule has 14 heavy (non-hydrogen) atoms. The van der Waals surface area contributed by atoms with Gasteiger partial charge < -0.3 is 15.7 Å². The molecular formula is C9H13N3OS. The molecule has 1 aromatic heterocycles. The molecule has 1 aromatic rings. The smallest absolute Gasteiger partial charge is 0.128 e. The van der Waals surface area contributed by atoms with Crippen LogP contribution in [0, 0.1) is 0 Å². The molecule has 0 aliphatic heterocycles. The maximum atomic E-state index is 8.76. The summed E-state index contributed by atoms with van der Waals surface area (Å²) in [5.74, 6) is 0.754. The van der Waals surface area contributed by atoms with Crippen LogP contribution in [0.25, 0.3) is 0 Å². The van der Waals surface area contributed by atoms with Crippen LogP contribution in [0.15, 0.2) is 18.3 Å². The highest BCUT2D eigenvalue weighted by Crippen LogP contribution is 2.10. The van der Waals surface area contributed by atoms with E-state index in [1.165, 1.54) is 0 Å². The van der Waals surface area contributed by atoms with Crippen LogP contribution in [-0.4, -0.2) is 35.3 Å². The van der Waals surface area contributed by atoms with E-state index in [9.17, 15) is 0 Å². The number of hydrogen-bond donors (Lipinski definition) is 2. The number of aliphatic hydroxyl groups is 1. The zero-order valence-electron chi connectivity index (χ0n) is 7.97. The molecule has 1 rings (SSSR count). The normalized spacial score (nSPS) is 9.86. The van der Waals surface area contributed by atoms with Gasteiger partial charge >= 0.3 is 0 Å². The summed E-state index contributed by atoms with van der Waals surface area (Å²) in [4.78, 5) is 6.33. The van der Waals surface area contributed by atoms with Gasteiger partial charge in [-0.2, -0.15) is 0 Å². The Balaban J connectivity index is 2.87. The Morgan fingerprint density at radius 2 is 2.43 bits per heavy atom. The third kappa shape index (κ3) is 2.65. The van der Waals surface area contributed by atoms with Crippen LogP contribution in [0.4, 0.5) is 5.82 Å². The summed E-state index contributed by atoms with van der Waals surface area (Å²) in [6.07, 6.45) is 1.65. The van der Waals surface area contributed by atoms with Gasteiger partial charge in [0.2, 0.25) is 0 Å². The van der Waals surface area contributed by atoms with Gasteiger partial charge in [0, 0.05) is 25.4 Å². The van der Waals surface area contributed by atoms with Crippen molar-refractivity contribution in [2.75, 3.05) is 25.1 Å². The first-order chi connectivity index (χ1) is 6.65. The fraction of sp³-hybridized carbons (Fsp3) is 0.333. The molecule has 1 heterocycles. The monoisotopic (exact) mass is 211 g/mol. The summed E-state index contributed by atoms with van der Waals surface area (Å²) >= 11 is 4.85. The number of thiocarbonyl (C=S) groups is 1. The summed E-state index contributed by atoms with van der Waals surface area (Å²) in [6, 6.07) is 3.57. The van der Waals surface area contributed by atoms with Gasteiger partial charge in [0.25, 0.3) is 0 Å². The molecular weight excluding hydrogens is 198 g/mol. The second-order valence-corrected chi connectivity index (χ2v) is 3.35. The van der Waals surface area contributed by atoms with Crippen molar-refractivity contribution in [2.24, 2.45) is 5.73 Å². The fourth-order valence-corrected chi connectivity index (χ4v) is 1.17. The van der Waals surface area contributed by atoms with E-state index in [-0.39, 0.29) is 6.61 Å². The van der Waals surface area contributed by atoms with Gasteiger partial charge in [-0.05, 0) is 12.1 Å². The number of hydrogen-bond acceptors (Lipinski definition) is 4. The third-order valence-corrected chi connectivity index (χ3v) is 2.09. The quantitative estimate of drug-likeness (QED) is 0.694.